The van der Waals surface area contributed by atoms with Crippen LogP contribution in [-0.4, -0.2) is 26.3 Å². The molecule has 1 unspecified atom stereocenters. The van der Waals surface area contributed by atoms with Crippen LogP contribution >= 0.6 is 27.5 Å². The van der Waals surface area contributed by atoms with Crippen molar-refractivity contribution in [1.82, 2.24) is 5.32 Å². The van der Waals surface area contributed by atoms with E-state index in [2.05, 4.69) is 27.8 Å². The molecule has 5 heteroatoms. The fourth-order valence-electron chi connectivity index (χ4n) is 1.65. The van der Waals surface area contributed by atoms with Crippen molar-refractivity contribution in [3.8, 4) is 0 Å². The molecule has 3 N–H and O–H groups in total. The van der Waals surface area contributed by atoms with Crippen LogP contribution < -0.4 is 11.1 Å². The largest absolute Gasteiger partial charge is 0.376 e. The van der Waals surface area contributed by atoms with E-state index >= 15 is 0 Å². The molecule has 0 aliphatic heterocycles. The molecule has 0 heterocycles. The highest BCUT2D eigenvalue weighted by atomic mass is 79.9. The summed E-state index contributed by atoms with van der Waals surface area (Å²) >= 11 is 9.63. The molecule has 19 heavy (non-hydrogen) atoms. The Hall–Kier alpha value is -0.390. The van der Waals surface area contributed by atoms with Crippen LogP contribution in [0.25, 0.3) is 0 Å². The molecule has 1 aromatic rings. The van der Waals surface area contributed by atoms with E-state index in [1.54, 1.807) is 0 Å². The fraction of sp³-hybridized carbons (Fsp3) is 0.429. The highest BCUT2D eigenvalue weighted by Gasteiger charge is 2.12. The van der Waals surface area contributed by atoms with E-state index in [4.69, 9.17) is 22.1 Å². The van der Waals surface area contributed by atoms with Crippen LogP contribution in [0.2, 0.25) is 5.02 Å². The third kappa shape index (κ3) is 6.06. The molecule has 1 aromatic carbocycles. The second-order valence-corrected chi connectivity index (χ2v) is 5.74. The fourth-order valence-corrected chi connectivity index (χ4v) is 2.28. The first-order chi connectivity index (χ1) is 9.04. The maximum absolute atomic E-state index is 6.19. The molecule has 0 radical (unpaired) electrons. The van der Waals surface area contributed by atoms with Crippen LogP contribution in [0.5, 0.6) is 0 Å². The average molecular weight is 348 g/mol. The van der Waals surface area contributed by atoms with E-state index in [1.165, 1.54) is 0 Å². The van der Waals surface area contributed by atoms with Gasteiger partial charge in [0.25, 0.3) is 0 Å². The molecule has 0 spiro atoms. The first-order valence-corrected chi connectivity index (χ1v) is 7.32. The molecular weight excluding hydrogens is 328 g/mol. The van der Waals surface area contributed by atoms with Gasteiger partial charge in [-0.25, -0.2) is 0 Å². The molecule has 0 fully saturated rings. The Kier molecular flexibility index (Phi) is 7.64. The highest BCUT2D eigenvalue weighted by Crippen LogP contribution is 2.26. The third-order valence-corrected chi connectivity index (χ3v) is 3.39. The van der Waals surface area contributed by atoms with Crippen LogP contribution in [0.3, 0.4) is 0 Å². The molecule has 106 valence electrons. The summed E-state index contributed by atoms with van der Waals surface area (Å²) in [7, 11) is 0. The van der Waals surface area contributed by atoms with Crippen LogP contribution in [0.4, 0.5) is 0 Å². The van der Waals surface area contributed by atoms with E-state index < -0.39 is 0 Å². The van der Waals surface area contributed by atoms with Crippen molar-refractivity contribution in [1.29, 1.82) is 0 Å². The van der Waals surface area contributed by atoms with Gasteiger partial charge in [0.05, 0.1) is 13.2 Å². The van der Waals surface area contributed by atoms with Gasteiger partial charge in [0.15, 0.2) is 0 Å². The van der Waals surface area contributed by atoms with Gasteiger partial charge in [-0.15, -0.1) is 0 Å². The first kappa shape index (κ1) is 16.7. The number of hydrogen-bond donors (Lipinski definition) is 2. The summed E-state index contributed by atoms with van der Waals surface area (Å²) in [5, 5.41) is 4.06. The number of rotatable bonds is 8. The van der Waals surface area contributed by atoms with E-state index in [1.807, 2.05) is 25.1 Å². The van der Waals surface area contributed by atoms with Gasteiger partial charge >= 0.3 is 0 Å². The molecule has 0 aromatic heterocycles. The van der Waals surface area contributed by atoms with Crippen molar-refractivity contribution in [2.24, 2.45) is 5.73 Å². The lowest BCUT2D eigenvalue weighted by Gasteiger charge is -2.19. The molecular formula is C14H20BrClN2O. The minimum Gasteiger partial charge on any atom is -0.376 e. The van der Waals surface area contributed by atoms with Crippen molar-refractivity contribution < 1.29 is 4.74 Å². The second-order valence-electron chi connectivity index (χ2n) is 4.42. The molecule has 3 nitrogen and oxygen atoms in total. The number of ether oxygens (including phenoxy) is 1. The maximum atomic E-state index is 6.19. The summed E-state index contributed by atoms with van der Waals surface area (Å²) in [5.41, 5.74) is 7.81. The van der Waals surface area contributed by atoms with Gasteiger partial charge in [-0.2, -0.15) is 0 Å². The topological polar surface area (TPSA) is 47.3 Å². The van der Waals surface area contributed by atoms with Crippen LogP contribution in [0.15, 0.2) is 34.8 Å². The molecule has 0 amide bonds. The number of halogens is 2. The standard InChI is InChI=1S/C14H20BrClN2O/c1-10(2)9-19-6-5-18-14(8-17)12-7-11(15)3-4-13(12)16/h3-4,7,14,18H,1,5-6,8-9,17H2,2H3. The minimum atomic E-state index is 0.0263. The zero-order chi connectivity index (χ0) is 14.3. The summed E-state index contributed by atoms with van der Waals surface area (Å²) in [6.45, 7) is 8.14. The Morgan fingerprint density at radius 2 is 2.32 bits per heavy atom. The predicted molar refractivity (Wildman–Crippen MR) is 84.6 cm³/mol. The summed E-state index contributed by atoms with van der Waals surface area (Å²) in [5.74, 6) is 0. The SMILES string of the molecule is C=C(C)COCCNC(CN)c1cc(Br)ccc1Cl. The molecule has 0 saturated heterocycles. The smallest absolute Gasteiger partial charge is 0.0672 e. The van der Waals surface area contributed by atoms with E-state index in [-0.39, 0.29) is 6.04 Å². The van der Waals surface area contributed by atoms with Gasteiger partial charge in [-0.1, -0.05) is 39.7 Å². The lowest BCUT2D eigenvalue weighted by atomic mass is 10.1. The van der Waals surface area contributed by atoms with E-state index in [9.17, 15) is 0 Å². The zero-order valence-electron chi connectivity index (χ0n) is 11.1. The van der Waals surface area contributed by atoms with Crippen molar-refractivity contribution in [2.75, 3.05) is 26.3 Å². The van der Waals surface area contributed by atoms with Crippen LogP contribution in [0, 0.1) is 0 Å². The maximum Gasteiger partial charge on any atom is 0.0672 e. The Bertz CT molecular complexity index is 426. The van der Waals surface area contributed by atoms with Crippen LogP contribution in [-0.2, 0) is 4.74 Å². The first-order valence-electron chi connectivity index (χ1n) is 6.15. The number of benzene rings is 1. The van der Waals surface area contributed by atoms with Crippen molar-refractivity contribution in [3.63, 3.8) is 0 Å². The van der Waals surface area contributed by atoms with E-state index in [0.717, 1.165) is 22.2 Å². The Labute approximate surface area is 128 Å². The van der Waals surface area contributed by atoms with Crippen molar-refractivity contribution >= 4 is 27.5 Å². The van der Waals surface area contributed by atoms with Gasteiger partial charge in [-0.3, -0.25) is 0 Å². The number of hydrogen-bond acceptors (Lipinski definition) is 3. The van der Waals surface area contributed by atoms with Gasteiger partial charge in [0, 0.05) is 28.6 Å². The van der Waals surface area contributed by atoms with E-state index in [0.29, 0.717) is 24.8 Å². The minimum absolute atomic E-state index is 0.0263. The summed E-state index contributed by atoms with van der Waals surface area (Å²) in [6.07, 6.45) is 0. The summed E-state index contributed by atoms with van der Waals surface area (Å²) in [4.78, 5) is 0. The molecule has 0 saturated carbocycles. The Morgan fingerprint density at radius 3 is 2.95 bits per heavy atom. The Balaban J connectivity index is 2.49. The van der Waals surface area contributed by atoms with Crippen molar-refractivity contribution in [3.05, 3.63) is 45.4 Å². The quantitative estimate of drug-likeness (QED) is 0.560. The normalized spacial score (nSPS) is 12.4. The van der Waals surface area contributed by atoms with Crippen molar-refractivity contribution in [2.45, 2.75) is 13.0 Å². The monoisotopic (exact) mass is 346 g/mol. The molecule has 1 rings (SSSR count). The van der Waals surface area contributed by atoms with Gasteiger partial charge in [0.1, 0.15) is 0 Å². The number of nitrogens with one attached hydrogen (secondary N) is 1. The second kappa shape index (κ2) is 8.72. The predicted octanol–water partition coefficient (Wildman–Crippen LogP) is 3.28. The highest BCUT2D eigenvalue weighted by molar-refractivity contribution is 9.10. The van der Waals surface area contributed by atoms with Gasteiger partial charge < -0.3 is 15.8 Å². The zero-order valence-corrected chi connectivity index (χ0v) is 13.4. The molecule has 0 aliphatic rings. The lowest BCUT2D eigenvalue weighted by Crippen LogP contribution is -2.31. The van der Waals surface area contributed by atoms with Gasteiger partial charge in [-0.05, 0) is 30.7 Å². The Morgan fingerprint density at radius 1 is 1.58 bits per heavy atom. The summed E-state index contributed by atoms with van der Waals surface area (Å²) < 4.78 is 6.43. The average Bonchev–Trinajstić information content (AvgIpc) is 2.37. The lowest BCUT2D eigenvalue weighted by molar-refractivity contribution is 0.155. The molecule has 0 aliphatic carbocycles. The summed E-state index contributed by atoms with van der Waals surface area (Å²) in [6, 6.07) is 5.79. The molecule has 0 bridgehead atoms. The number of nitrogens with two attached hydrogens (primary N) is 1. The van der Waals surface area contributed by atoms with Gasteiger partial charge in [0.2, 0.25) is 0 Å². The van der Waals surface area contributed by atoms with Crippen LogP contribution in [0.1, 0.15) is 18.5 Å². The third-order valence-electron chi connectivity index (χ3n) is 2.55. The molecule has 1 atom stereocenters.